The van der Waals surface area contributed by atoms with Crippen LogP contribution in [0, 0.1) is 0 Å². The number of nitrogens with zero attached hydrogens (tertiary/aromatic N) is 1. The van der Waals surface area contributed by atoms with Gasteiger partial charge < -0.3 is 14.6 Å². The molecule has 0 saturated carbocycles. The van der Waals surface area contributed by atoms with Gasteiger partial charge in [-0.2, -0.15) is 0 Å². The Kier molecular flexibility index (Phi) is 3.31. The molecule has 0 radical (unpaired) electrons. The quantitative estimate of drug-likeness (QED) is 0.727. The van der Waals surface area contributed by atoms with Crippen molar-refractivity contribution in [3.63, 3.8) is 0 Å². The Morgan fingerprint density at radius 2 is 2.28 bits per heavy atom. The molecule has 1 unspecified atom stereocenters. The number of imide groups is 1. The van der Waals surface area contributed by atoms with Crippen LogP contribution >= 0.6 is 0 Å². The maximum absolute atomic E-state index is 11.8. The first-order valence-electron chi connectivity index (χ1n) is 5.44. The zero-order valence-electron chi connectivity index (χ0n) is 9.80. The van der Waals surface area contributed by atoms with E-state index in [0.29, 0.717) is 12.3 Å². The van der Waals surface area contributed by atoms with Gasteiger partial charge in [0.25, 0.3) is 5.91 Å². The molecule has 1 aromatic heterocycles. The third kappa shape index (κ3) is 2.68. The molecule has 2 rings (SSSR count). The molecule has 96 valence electrons. The van der Waals surface area contributed by atoms with Crippen LogP contribution in [-0.4, -0.2) is 35.8 Å². The second kappa shape index (κ2) is 4.91. The third-order valence-electron chi connectivity index (χ3n) is 2.64. The summed E-state index contributed by atoms with van der Waals surface area (Å²) in [5, 5.41) is 4.46. The minimum atomic E-state index is -0.788. The van der Waals surface area contributed by atoms with Gasteiger partial charge in [0, 0.05) is 7.05 Å². The largest absolute Gasteiger partial charge is 0.467 e. The number of rotatable bonds is 4. The van der Waals surface area contributed by atoms with E-state index >= 15 is 0 Å². The average Bonchev–Trinajstić information content (AvgIpc) is 2.89. The summed E-state index contributed by atoms with van der Waals surface area (Å²) in [6.07, 6.45) is 1.47. The van der Waals surface area contributed by atoms with E-state index in [0.717, 1.165) is 0 Å². The maximum Gasteiger partial charge on any atom is 0.322 e. The Labute approximate surface area is 103 Å². The summed E-state index contributed by atoms with van der Waals surface area (Å²) in [4.78, 5) is 35.4. The van der Waals surface area contributed by atoms with Gasteiger partial charge in [-0.15, -0.1) is 0 Å². The minimum Gasteiger partial charge on any atom is -0.467 e. The molecule has 2 N–H and O–H groups in total. The molecular formula is C11H13N3O4. The molecule has 2 heterocycles. The molecule has 1 saturated heterocycles. The average molecular weight is 251 g/mol. The van der Waals surface area contributed by atoms with Crippen molar-refractivity contribution in [3.05, 3.63) is 24.2 Å². The first-order chi connectivity index (χ1) is 8.56. The van der Waals surface area contributed by atoms with Gasteiger partial charge in [0.1, 0.15) is 11.8 Å². The second-order valence-electron chi connectivity index (χ2n) is 4.05. The molecule has 1 fully saturated rings. The van der Waals surface area contributed by atoms with Crippen LogP contribution in [0.2, 0.25) is 0 Å². The van der Waals surface area contributed by atoms with Crippen molar-refractivity contribution in [2.45, 2.75) is 19.0 Å². The predicted octanol–water partition coefficient (Wildman–Crippen LogP) is -0.164. The number of hydrogen-bond acceptors (Lipinski definition) is 4. The number of amides is 4. The molecule has 7 nitrogen and oxygen atoms in total. The van der Waals surface area contributed by atoms with E-state index in [9.17, 15) is 14.4 Å². The van der Waals surface area contributed by atoms with Crippen LogP contribution < -0.4 is 10.6 Å². The molecule has 0 aliphatic carbocycles. The molecule has 1 aliphatic heterocycles. The van der Waals surface area contributed by atoms with Crippen LogP contribution in [0.1, 0.15) is 12.2 Å². The summed E-state index contributed by atoms with van der Waals surface area (Å²) in [6.45, 7) is 0.327. The molecule has 4 amide bonds. The van der Waals surface area contributed by atoms with Crippen LogP contribution in [0.25, 0.3) is 0 Å². The Balaban J connectivity index is 1.88. The van der Waals surface area contributed by atoms with Crippen LogP contribution in [-0.2, 0) is 16.1 Å². The van der Waals surface area contributed by atoms with Crippen molar-refractivity contribution < 1.29 is 18.8 Å². The Morgan fingerprint density at radius 1 is 1.50 bits per heavy atom. The third-order valence-corrected chi connectivity index (χ3v) is 2.64. The van der Waals surface area contributed by atoms with Crippen molar-refractivity contribution >= 4 is 17.8 Å². The Morgan fingerprint density at radius 3 is 2.83 bits per heavy atom. The summed E-state index contributed by atoms with van der Waals surface area (Å²) < 4.78 is 5.12. The molecular weight excluding hydrogens is 238 g/mol. The Bertz CT molecular complexity index is 469. The lowest BCUT2D eigenvalue weighted by molar-refractivity contribution is -0.133. The lowest BCUT2D eigenvalue weighted by Gasteiger charge is -2.17. The SMILES string of the molecule is CN(Cc1ccco1)C(=O)CC1NC(=O)NC1=O. The highest BCUT2D eigenvalue weighted by Crippen LogP contribution is 2.07. The maximum atomic E-state index is 11.8. The summed E-state index contributed by atoms with van der Waals surface area (Å²) >= 11 is 0. The molecule has 7 heteroatoms. The van der Waals surface area contributed by atoms with Crippen LogP contribution in [0.3, 0.4) is 0 Å². The summed E-state index contributed by atoms with van der Waals surface area (Å²) in [5.74, 6) is -0.0562. The zero-order valence-corrected chi connectivity index (χ0v) is 9.80. The number of nitrogens with one attached hydrogen (secondary N) is 2. The monoisotopic (exact) mass is 251 g/mol. The smallest absolute Gasteiger partial charge is 0.322 e. The summed E-state index contributed by atoms with van der Waals surface area (Å²) in [6, 6.07) is 2.14. The van der Waals surface area contributed by atoms with E-state index in [1.54, 1.807) is 19.2 Å². The predicted molar refractivity (Wildman–Crippen MR) is 60.3 cm³/mol. The highest BCUT2D eigenvalue weighted by molar-refractivity contribution is 6.05. The topological polar surface area (TPSA) is 91.7 Å². The van der Waals surface area contributed by atoms with Gasteiger partial charge >= 0.3 is 6.03 Å². The van der Waals surface area contributed by atoms with Crippen molar-refractivity contribution in [2.75, 3.05) is 7.05 Å². The number of carbonyl (C=O) groups excluding carboxylic acids is 3. The first kappa shape index (κ1) is 12.2. The fraction of sp³-hybridized carbons (Fsp3) is 0.364. The van der Waals surface area contributed by atoms with E-state index in [-0.39, 0.29) is 12.3 Å². The minimum absolute atomic E-state index is 0.0607. The van der Waals surface area contributed by atoms with Gasteiger partial charge in [-0.05, 0) is 12.1 Å². The van der Waals surface area contributed by atoms with Gasteiger partial charge in [-0.1, -0.05) is 0 Å². The van der Waals surface area contributed by atoms with E-state index in [1.807, 2.05) is 0 Å². The molecule has 0 aromatic carbocycles. The normalized spacial score (nSPS) is 18.4. The van der Waals surface area contributed by atoms with E-state index in [4.69, 9.17) is 4.42 Å². The highest BCUT2D eigenvalue weighted by atomic mass is 16.3. The summed E-state index contributed by atoms with van der Waals surface area (Å²) in [5.41, 5.74) is 0. The van der Waals surface area contributed by atoms with Gasteiger partial charge in [0.2, 0.25) is 5.91 Å². The number of hydrogen-bond donors (Lipinski definition) is 2. The van der Waals surface area contributed by atoms with Crippen molar-refractivity contribution in [1.82, 2.24) is 15.5 Å². The molecule has 0 spiro atoms. The fourth-order valence-electron chi connectivity index (χ4n) is 1.66. The fourth-order valence-corrected chi connectivity index (χ4v) is 1.66. The van der Waals surface area contributed by atoms with Gasteiger partial charge in [0.15, 0.2) is 0 Å². The molecule has 1 aliphatic rings. The van der Waals surface area contributed by atoms with Crippen molar-refractivity contribution in [3.8, 4) is 0 Å². The van der Waals surface area contributed by atoms with E-state index in [2.05, 4.69) is 10.6 Å². The molecule has 18 heavy (non-hydrogen) atoms. The van der Waals surface area contributed by atoms with Crippen LogP contribution in [0.15, 0.2) is 22.8 Å². The first-order valence-corrected chi connectivity index (χ1v) is 5.44. The number of carbonyl (C=O) groups is 3. The van der Waals surface area contributed by atoms with Gasteiger partial charge in [0.05, 0.1) is 19.2 Å². The van der Waals surface area contributed by atoms with Crippen LogP contribution in [0.5, 0.6) is 0 Å². The zero-order chi connectivity index (χ0) is 13.1. The van der Waals surface area contributed by atoms with Gasteiger partial charge in [-0.3, -0.25) is 14.9 Å². The van der Waals surface area contributed by atoms with E-state index < -0.39 is 18.0 Å². The van der Waals surface area contributed by atoms with Gasteiger partial charge in [-0.25, -0.2) is 4.79 Å². The molecule has 1 aromatic rings. The van der Waals surface area contributed by atoms with E-state index in [1.165, 1.54) is 11.2 Å². The Hall–Kier alpha value is -2.31. The lowest BCUT2D eigenvalue weighted by atomic mass is 10.2. The summed E-state index contributed by atoms with van der Waals surface area (Å²) in [7, 11) is 1.61. The number of urea groups is 1. The van der Waals surface area contributed by atoms with Crippen LogP contribution in [0.4, 0.5) is 4.79 Å². The number of furan rings is 1. The molecule has 1 atom stereocenters. The second-order valence-corrected chi connectivity index (χ2v) is 4.05. The van der Waals surface area contributed by atoms with Crippen molar-refractivity contribution in [2.24, 2.45) is 0 Å². The lowest BCUT2D eigenvalue weighted by Crippen LogP contribution is -2.36. The van der Waals surface area contributed by atoms with Crippen molar-refractivity contribution in [1.29, 1.82) is 0 Å². The molecule has 0 bridgehead atoms. The highest BCUT2D eigenvalue weighted by Gasteiger charge is 2.32. The standard InChI is InChI=1S/C11H13N3O4/c1-14(6-7-3-2-4-18-7)9(15)5-8-10(16)13-11(17)12-8/h2-4,8H,5-6H2,1H3,(H2,12,13,16,17).